The lowest BCUT2D eigenvalue weighted by Crippen LogP contribution is -2.37. The van der Waals surface area contributed by atoms with Crippen molar-refractivity contribution in [1.82, 2.24) is 0 Å². The summed E-state index contributed by atoms with van der Waals surface area (Å²) < 4.78 is 36.3. The van der Waals surface area contributed by atoms with Gasteiger partial charge in [-0.25, -0.2) is 8.78 Å². The maximum atomic E-state index is 12.9. The van der Waals surface area contributed by atoms with Crippen molar-refractivity contribution in [1.29, 1.82) is 0 Å². The fourth-order valence-electron chi connectivity index (χ4n) is 1.35. The molecule has 0 amide bonds. The molecule has 5 heteroatoms. The highest BCUT2D eigenvalue weighted by Gasteiger charge is 2.46. The largest absolute Gasteiger partial charge is 0.345 e. The summed E-state index contributed by atoms with van der Waals surface area (Å²) in [5.74, 6) is 0. The summed E-state index contributed by atoms with van der Waals surface area (Å²) in [5.41, 5.74) is 0. The Morgan fingerprint density at radius 2 is 1.80 bits per heavy atom. The summed E-state index contributed by atoms with van der Waals surface area (Å²) >= 11 is 0. The highest BCUT2D eigenvalue weighted by Crippen LogP contribution is 2.59. The first-order valence-electron chi connectivity index (χ1n) is 4.99. The fourth-order valence-corrected chi connectivity index (χ4v) is 3.30. The Morgan fingerprint density at radius 1 is 1.33 bits per heavy atom. The van der Waals surface area contributed by atoms with Crippen molar-refractivity contribution < 1.29 is 18.3 Å². The van der Waals surface area contributed by atoms with Crippen LogP contribution in [0.2, 0.25) is 0 Å². The number of alkyl halides is 2. The van der Waals surface area contributed by atoms with Crippen LogP contribution in [-0.2, 0) is 9.47 Å². The van der Waals surface area contributed by atoms with Crippen LogP contribution in [0.15, 0.2) is 0 Å². The second-order valence-corrected chi connectivity index (χ2v) is 8.19. The lowest BCUT2D eigenvalue weighted by molar-refractivity contribution is -0.0194. The summed E-state index contributed by atoms with van der Waals surface area (Å²) in [6.07, 6.45) is -2.50. The van der Waals surface area contributed by atoms with Gasteiger partial charge in [0.1, 0.15) is 6.61 Å². The van der Waals surface area contributed by atoms with Crippen LogP contribution in [0, 0.1) is 0 Å². The zero-order valence-corrected chi connectivity index (χ0v) is 10.8. The quantitative estimate of drug-likeness (QED) is 0.543. The van der Waals surface area contributed by atoms with Crippen LogP contribution in [0.1, 0.15) is 27.7 Å². The van der Waals surface area contributed by atoms with E-state index in [1.165, 1.54) is 0 Å². The highest BCUT2D eigenvalue weighted by atomic mass is 31.1. The predicted octanol–water partition coefficient (Wildman–Crippen LogP) is 3.25. The summed E-state index contributed by atoms with van der Waals surface area (Å²) in [4.78, 5) is 0. The van der Waals surface area contributed by atoms with E-state index >= 15 is 0 Å². The van der Waals surface area contributed by atoms with Crippen molar-refractivity contribution in [2.75, 3.05) is 13.3 Å². The van der Waals surface area contributed by atoms with Gasteiger partial charge >= 0.3 is 0 Å². The molecule has 90 valence electrons. The molecule has 1 aliphatic heterocycles. The van der Waals surface area contributed by atoms with Crippen molar-refractivity contribution in [3.8, 4) is 0 Å². The molecule has 2 atom stereocenters. The molecule has 0 aromatic heterocycles. The third-order valence-corrected chi connectivity index (χ3v) is 6.57. The van der Waals surface area contributed by atoms with Gasteiger partial charge in [0.05, 0.1) is 5.34 Å². The summed E-state index contributed by atoms with van der Waals surface area (Å²) in [6, 6.07) is 0. The molecule has 2 unspecified atom stereocenters. The maximum absolute atomic E-state index is 12.9. The lowest BCUT2D eigenvalue weighted by Gasteiger charge is -2.41. The molecule has 0 spiro atoms. The van der Waals surface area contributed by atoms with E-state index in [1.54, 1.807) is 13.8 Å². The van der Waals surface area contributed by atoms with E-state index in [-0.39, 0.29) is 6.29 Å². The zero-order chi connectivity index (χ0) is 11.9. The van der Waals surface area contributed by atoms with Crippen LogP contribution in [-0.4, -0.2) is 36.5 Å². The molecule has 1 fully saturated rings. The van der Waals surface area contributed by atoms with Crippen LogP contribution in [0.4, 0.5) is 8.78 Å². The van der Waals surface area contributed by atoms with E-state index < -0.39 is 24.8 Å². The molecule has 0 N–H and O–H groups in total. The Labute approximate surface area is 91.1 Å². The standard InChI is InChI=1S/C10H19F2O2P/c1-9(2,8(11)12)15(5)10(3,4)14-7-6-13-7/h7-8H,6H2,1-5H3. The van der Waals surface area contributed by atoms with Gasteiger partial charge in [-0.1, -0.05) is 21.8 Å². The first-order valence-corrected chi connectivity index (χ1v) is 6.78. The molecule has 0 bridgehead atoms. The molecule has 0 aliphatic carbocycles. The van der Waals surface area contributed by atoms with Gasteiger partial charge < -0.3 is 9.47 Å². The van der Waals surface area contributed by atoms with Gasteiger partial charge in [0.15, 0.2) is 6.29 Å². The van der Waals surface area contributed by atoms with E-state index in [0.717, 1.165) is 0 Å². The topological polar surface area (TPSA) is 21.8 Å². The maximum Gasteiger partial charge on any atom is 0.247 e. The van der Waals surface area contributed by atoms with Crippen molar-refractivity contribution in [3.05, 3.63) is 0 Å². The number of ether oxygens (including phenoxy) is 2. The number of hydrogen-bond acceptors (Lipinski definition) is 2. The van der Waals surface area contributed by atoms with Gasteiger partial charge in [0.25, 0.3) is 0 Å². The average molecular weight is 240 g/mol. The predicted molar refractivity (Wildman–Crippen MR) is 57.8 cm³/mol. The van der Waals surface area contributed by atoms with Gasteiger partial charge in [-0.3, -0.25) is 0 Å². The van der Waals surface area contributed by atoms with Crippen molar-refractivity contribution in [2.24, 2.45) is 0 Å². The van der Waals surface area contributed by atoms with Crippen molar-refractivity contribution in [3.63, 3.8) is 0 Å². The van der Waals surface area contributed by atoms with Gasteiger partial charge in [-0.05, 0) is 20.5 Å². The minimum atomic E-state index is -2.32. The molecule has 1 saturated heterocycles. The minimum absolute atomic E-state index is 0.182. The van der Waals surface area contributed by atoms with E-state index in [0.29, 0.717) is 6.61 Å². The molecule has 0 radical (unpaired) electrons. The highest BCUT2D eigenvalue weighted by molar-refractivity contribution is 7.59. The Balaban J connectivity index is 2.67. The van der Waals surface area contributed by atoms with Gasteiger partial charge in [0.2, 0.25) is 6.43 Å². The molecule has 0 aromatic rings. The Morgan fingerprint density at radius 3 is 2.13 bits per heavy atom. The summed E-state index contributed by atoms with van der Waals surface area (Å²) in [6.45, 7) is 9.38. The van der Waals surface area contributed by atoms with Gasteiger partial charge in [0, 0.05) is 5.16 Å². The van der Waals surface area contributed by atoms with Crippen LogP contribution >= 0.6 is 7.92 Å². The molecular weight excluding hydrogens is 221 g/mol. The first kappa shape index (κ1) is 13.3. The SMILES string of the molecule is CP(C(C)(C)OC1CO1)C(C)(C)C(F)F. The molecule has 15 heavy (non-hydrogen) atoms. The van der Waals surface area contributed by atoms with Crippen LogP contribution in [0.5, 0.6) is 0 Å². The normalized spacial score (nSPS) is 24.4. The molecule has 1 aliphatic rings. The summed E-state index contributed by atoms with van der Waals surface area (Å²) in [7, 11) is -0.951. The molecular formula is C10H19F2O2P. The Hall–Kier alpha value is 0.210. The van der Waals surface area contributed by atoms with E-state index in [2.05, 4.69) is 0 Å². The monoisotopic (exact) mass is 240 g/mol. The summed E-state index contributed by atoms with van der Waals surface area (Å²) in [5, 5.41) is -1.52. The average Bonchev–Trinajstić information content (AvgIpc) is 2.85. The number of halogens is 2. The Bertz CT molecular complexity index is 227. The molecule has 2 nitrogen and oxygen atoms in total. The van der Waals surface area contributed by atoms with Crippen LogP contribution in [0.3, 0.4) is 0 Å². The molecule has 1 heterocycles. The van der Waals surface area contributed by atoms with Gasteiger partial charge in [-0.15, -0.1) is 0 Å². The van der Waals surface area contributed by atoms with Crippen molar-refractivity contribution >= 4 is 7.92 Å². The number of epoxide rings is 1. The molecule has 0 saturated carbocycles. The van der Waals surface area contributed by atoms with E-state index in [4.69, 9.17) is 9.47 Å². The third kappa shape index (κ3) is 3.08. The van der Waals surface area contributed by atoms with Crippen LogP contribution in [0.25, 0.3) is 0 Å². The van der Waals surface area contributed by atoms with Crippen LogP contribution < -0.4 is 0 Å². The molecule has 0 aromatic carbocycles. The number of hydrogen-bond donors (Lipinski definition) is 0. The fraction of sp³-hybridized carbons (Fsp3) is 1.00. The number of rotatable bonds is 5. The van der Waals surface area contributed by atoms with Gasteiger partial charge in [-0.2, -0.15) is 0 Å². The second-order valence-electron chi connectivity index (χ2n) is 4.84. The first-order chi connectivity index (χ1) is 6.68. The smallest absolute Gasteiger partial charge is 0.247 e. The Kier molecular flexibility index (Phi) is 3.74. The second kappa shape index (κ2) is 4.23. The molecule has 1 rings (SSSR count). The zero-order valence-electron chi connectivity index (χ0n) is 9.88. The van der Waals surface area contributed by atoms with E-state index in [9.17, 15) is 8.78 Å². The lowest BCUT2D eigenvalue weighted by atomic mass is 10.2. The van der Waals surface area contributed by atoms with Crippen molar-refractivity contribution in [2.45, 2.75) is 50.9 Å². The van der Waals surface area contributed by atoms with E-state index in [1.807, 2.05) is 20.5 Å². The minimum Gasteiger partial charge on any atom is -0.345 e. The third-order valence-electron chi connectivity index (χ3n) is 2.93.